The predicted molar refractivity (Wildman–Crippen MR) is 111 cm³/mol. The van der Waals surface area contributed by atoms with Gasteiger partial charge in [-0.25, -0.2) is 9.37 Å². The molecule has 0 saturated carbocycles. The Morgan fingerprint density at radius 3 is 2.83 bits per heavy atom. The van der Waals surface area contributed by atoms with Crippen molar-refractivity contribution in [1.29, 1.82) is 0 Å². The maximum Gasteiger partial charge on any atom is 0.261 e. The summed E-state index contributed by atoms with van der Waals surface area (Å²) in [5.41, 5.74) is 2.75. The fourth-order valence-corrected chi connectivity index (χ4v) is 3.70. The van der Waals surface area contributed by atoms with Crippen LogP contribution in [-0.2, 0) is 0 Å². The molecule has 0 bridgehead atoms. The first-order valence-corrected chi connectivity index (χ1v) is 9.55. The first kappa shape index (κ1) is 19.2. The maximum atomic E-state index is 14.7. The van der Waals surface area contributed by atoms with Crippen LogP contribution in [0.15, 0.2) is 36.7 Å². The number of hydrogen-bond donors (Lipinski definition) is 2. The number of halogens is 1. The number of aromatic nitrogens is 2. The molecule has 0 aliphatic carbocycles. The van der Waals surface area contributed by atoms with Crippen molar-refractivity contribution >= 4 is 22.9 Å². The Balaban J connectivity index is 1.56. The summed E-state index contributed by atoms with van der Waals surface area (Å²) in [5.74, 6) is -0.534. The Labute approximate surface area is 168 Å². The van der Waals surface area contributed by atoms with Crippen molar-refractivity contribution < 1.29 is 13.9 Å². The van der Waals surface area contributed by atoms with Crippen molar-refractivity contribution in [2.45, 2.75) is 19.4 Å². The number of rotatable bonds is 5. The third-order valence-corrected chi connectivity index (χ3v) is 5.30. The van der Waals surface area contributed by atoms with Crippen LogP contribution in [-0.4, -0.2) is 48.6 Å². The Morgan fingerprint density at radius 2 is 2.14 bits per heavy atom. The number of imidazole rings is 1. The number of carbonyl (C=O) groups is 1. The Bertz CT molecular complexity index is 1060. The molecule has 1 fully saturated rings. The number of nitrogens with zero attached hydrogens (tertiary/aromatic N) is 3. The predicted octanol–water partition coefficient (Wildman–Crippen LogP) is 2.84. The molecule has 1 saturated heterocycles. The smallest absolute Gasteiger partial charge is 0.261 e. The van der Waals surface area contributed by atoms with Gasteiger partial charge in [0.05, 0.1) is 24.1 Å². The Hall–Kier alpha value is -3.13. The van der Waals surface area contributed by atoms with Gasteiger partial charge in [0, 0.05) is 43.3 Å². The monoisotopic (exact) mass is 397 g/mol. The fraction of sp³-hybridized carbons (Fsp3) is 0.333. The number of pyridine rings is 1. The van der Waals surface area contributed by atoms with E-state index in [-0.39, 0.29) is 5.69 Å². The number of nitrogens with one attached hydrogen (secondary N) is 2. The number of methoxy groups -OCH3 is 1. The van der Waals surface area contributed by atoms with E-state index in [4.69, 9.17) is 4.74 Å². The molecule has 4 rings (SSSR count). The van der Waals surface area contributed by atoms with Gasteiger partial charge in [-0.05, 0) is 38.6 Å². The van der Waals surface area contributed by atoms with E-state index in [1.807, 2.05) is 26.2 Å². The van der Waals surface area contributed by atoms with Crippen molar-refractivity contribution in [3.63, 3.8) is 0 Å². The molecule has 1 aliphatic rings. The van der Waals surface area contributed by atoms with Crippen molar-refractivity contribution in [3.8, 4) is 5.75 Å². The zero-order valence-electron chi connectivity index (χ0n) is 16.7. The van der Waals surface area contributed by atoms with Gasteiger partial charge in [0.15, 0.2) is 0 Å². The van der Waals surface area contributed by atoms with Crippen molar-refractivity contribution in [2.24, 2.45) is 0 Å². The molecule has 3 heterocycles. The van der Waals surface area contributed by atoms with E-state index in [0.717, 1.165) is 30.9 Å². The number of ether oxygens (including phenoxy) is 1. The molecule has 3 aromatic rings. The first-order valence-electron chi connectivity index (χ1n) is 9.55. The molecular weight excluding hydrogens is 373 g/mol. The molecule has 0 radical (unpaired) electrons. The highest BCUT2D eigenvalue weighted by Crippen LogP contribution is 2.27. The van der Waals surface area contributed by atoms with E-state index in [9.17, 15) is 9.18 Å². The minimum absolute atomic E-state index is 0.132. The zero-order chi connectivity index (χ0) is 20.5. The molecule has 8 heteroatoms. The van der Waals surface area contributed by atoms with Crippen molar-refractivity contribution in [3.05, 3.63) is 53.7 Å². The molecule has 1 aliphatic heterocycles. The molecule has 152 valence electrons. The van der Waals surface area contributed by atoms with Gasteiger partial charge in [0.25, 0.3) is 5.91 Å². The summed E-state index contributed by atoms with van der Waals surface area (Å²) < 4.78 is 21.8. The summed E-state index contributed by atoms with van der Waals surface area (Å²) in [7, 11) is 3.42. The average Bonchev–Trinajstić information content (AvgIpc) is 3.33. The summed E-state index contributed by atoms with van der Waals surface area (Å²) in [6.45, 7) is 3.58. The van der Waals surface area contributed by atoms with Gasteiger partial charge in [0.1, 0.15) is 17.2 Å². The summed E-state index contributed by atoms with van der Waals surface area (Å²) in [6, 6.07) is 6.99. The SMILES string of the molecule is CNC1CCN(c2ccc(NC(=O)c3cn4cc(C)nc4cc3OC)c(F)c2)C1. The Morgan fingerprint density at radius 1 is 1.31 bits per heavy atom. The van der Waals surface area contributed by atoms with Gasteiger partial charge < -0.3 is 24.7 Å². The quantitative estimate of drug-likeness (QED) is 0.693. The third-order valence-electron chi connectivity index (χ3n) is 5.30. The van der Waals surface area contributed by atoms with Crippen LogP contribution in [0, 0.1) is 12.7 Å². The summed E-state index contributed by atoms with van der Waals surface area (Å²) in [6.07, 6.45) is 4.47. The maximum absolute atomic E-state index is 14.7. The van der Waals surface area contributed by atoms with Crippen LogP contribution >= 0.6 is 0 Å². The van der Waals surface area contributed by atoms with Gasteiger partial charge in [-0.1, -0.05) is 0 Å². The molecule has 1 amide bonds. The lowest BCUT2D eigenvalue weighted by Gasteiger charge is -2.19. The molecule has 2 N–H and O–H groups in total. The van der Waals surface area contributed by atoms with Gasteiger partial charge in [-0.3, -0.25) is 4.79 Å². The molecule has 1 unspecified atom stereocenters. The zero-order valence-corrected chi connectivity index (χ0v) is 16.7. The van der Waals surface area contributed by atoms with E-state index in [2.05, 4.69) is 20.5 Å². The topological polar surface area (TPSA) is 70.9 Å². The number of benzene rings is 1. The lowest BCUT2D eigenvalue weighted by molar-refractivity contribution is 0.102. The second-order valence-corrected chi connectivity index (χ2v) is 7.24. The molecule has 29 heavy (non-hydrogen) atoms. The van der Waals surface area contributed by atoms with Gasteiger partial charge >= 0.3 is 0 Å². The summed E-state index contributed by atoms with van der Waals surface area (Å²) in [4.78, 5) is 19.3. The number of hydrogen-bond acceptors (Lipinski definition) is 5. The van der Waals surface area contributed by atoms with Crippen LogP contribution in [0.1, 0.15) is 22.5 Å². The number of likely N-dealkylation sites (N-methyl/N-ethyl adjacent to an activating group) is 1. The normalized spacial score (nSPS) is 16.4. The van der Waals surface area contributed by atoms with Crippen LogP contribution in [0.4, 0.5) is 15.8 Å². The fourth-order valence-electron chi connectivity index (χ4n) is 3.70. The van der Waals surface area contributed by atoms with Crippen molar-refractivity contribution in [2.75, 3.05) is 37.5 Å². The second-order valence-electron chi connectivity index (χ2n) is 7.24. The molecule has 1 atom stereocenters. The van der Waals surface area contributed by atoms with Gasteiger partial charge in [-0.2, -0.15) is 0 Å². The number of amides is 1. The standard InChI is InChI=1S/C21H24FN5O2/c1-13-10-27-12-16(19(29-3)9-20(27)24-13)21(28)25-18-5-4-15(8-17(18)22)26-7-6-14(11-26)23-2/h4-5,8-10,12,14,23H,6-7,11H2,1-3H3,(H,25,28). The number of carbonyl (C=O) groups excluding carboxylic acids is 1. The molecular formula is C21H24FN5O2. The lowest BCUT2D eigenvalue weighted by atomic mass is 10.2. The number of fused-ring (bicyclic) bond motifs is 1. The van der Waals surface area contributed by atoms with Crippen molar-refractivity contribution in [1.82, 2.24) is 14.7 Å². The van der Waals surface area contributed by atoms with Gasteiger partial charge in [-0.15, -0.1) is 0 Å². The molecule has 7 nitrogen and oxygen atoms in total. The van der Waals surface area contributed by atoms with E-state index in [1.54, 1.807) is 22.7 Å². The van der Waals surface area contributed by atoms with Gasteiger partial charge in [0.2, 0.25) is 0 Å². The largest absolute Gasteiger partial charge is 0.496 e. The van der Waals surface area contributed by atoms with Crippen LogP contribution < -0.4 is 20.3 Å². The number of anilines is 2. The van der Waals surface area contributed by atoms with Crippen LogP contribution in [0.5, 0.6) is 5.75 Å². The summed E-state index contributed by atoms with van der Waals surface area (Å²) >= 11 is 0. The highest BCUT2D eigenvalue weighted by atomic mass is 19.1. The first-order chi connectivity index (χ1) is 14.0. The summed E-state index contributed by atoms with van der Waals surface area (Å²) in [5, 5.41) is 5.90. The highest BCUT2D eigenvalue weighted by Gasteiger charge is 2.22. The van der Waals surface area contributed by atoms with E-state index in [1.165, 1.54) is 13.2 Å². The van der Waals surface area contributed by atoms with E-state index in [0.29, 0.717) is 23.0 Å². The van der Waals surface area contributed by atoms with Crippen LogP contribution in [0.3, 0.4) is 0 Å². The van der Waals surface area contributed by atoms with Crippen LogP contribution in [0.2, 0.25) is 0 Å². The average molecular weight is 397 g/mol. The Kier molecular flexibility index (Phi) is 5.10. The third kappa shape index (κ3) is 3.75. The number of aryl methyl sites for hydroxylation is 1. The minimum Gasteiger partial charge on any atom is -0.496 e. The van der Waals surface area contributed by atoms with E-state index < -0.39 is 11.7 Å². The molecule has 0 spiro atoms. The minimum atomic E-state index is -0.470. The van der Waals surface area contributed by atoms with Crippen LogP contribution in [0.25, 0.3) is 5.65 Å². The highest BCUT2D eigenvalue weighted by molar-refractivity contribution is 6.06. The van der Waals surface area contributed by atoms with E-state index >= 15 is 0 Å². The molecule has 2 aromatic heterocycles. The lowest BCUT2D eigenvalue weighted by Crippen LogP contribution is -2.29. The second kappa shape index (κ2) is 7.71. The molecule has 1 aromatic carbocycles.